The number of nitrogens with one attached hydrogen (secondary N) is 1. The molecule has 9 heteroatoms. The van der Waals surface area contributed by atoms with E-state index in [0.717, 1.165) is 48.6 Å². The van der Waals surface area contributed by atoms with E-state index in [1.807, 2.05) is 24.8 Å². The molecule has 1 aromatic carbocycles. The number of aryl methyl sites for hydroxylation is 2. The van der Waals surface area contributed by atoms with Crippen molar-refractivity contribution in [2.45, 2.75) is 40.0 Å². The first-order chi connectivity index (χ1) is 16.3. The van der Waals surface area contributed by atoms with Crippen LogP contribution in [0.25, 0.3) is 11.8 Å². The largest absolute Gasteiger partial charge is 0.342 e. The fourth-order valence-corrected chi connectivity index (χ4v) is 5.37. The van der Waals surface area contributed by atoms with E-state index in [9.17, 15) is 9.59 Å². The molecule has 0 radical (unpaired) electrons. The van der Waals surface area contributed by atoms with Crippen LogP contribution in [0.5, 0.6) is 0 Å². The smallest absolute Gasteiger partial charge is 0.283 e. The Morgan fingerprint density at radius 1 is 1.15 bits per heavy atom. The Kier molecular flexibility index (Phi) is 5.73. The average molecular weight is 475 g/mol. The lowest BCUT2D eigenvalue weighted by atomic mass is 10.1. The normalized spacial score (nSPS) is 19.1. The highest BCUT2D eigenvalue weighted by molar-refractivity contribution is 8.27. The van der Waals surface area contributed by atoms with Gasteiger partial charge in [-0.15, -0.1) is 0 Å². The van der Waals surface area contributed by atoms with Crippen molar-refractivity contribution in [3.63, 3.8) is 0 Å². The zero-order valence-corrected chi connectivity index (χ0v) is 20.3. The lowest BCUT2D eigenvalue weighted by molar-refractivity contribution is -0.128. The number of aromatic nitrogens is 1. The van der Waals surface area contributed by atoms with Crippen LogP contribution < -0.4 is 0 Å². The summed E-state index contributed by atoms with van der Waals surface area (Å²) < 4.78 is 2.13. The summed E-state index contributed by atoms with van der Waals surface area (Å²) in [6.07, 6.45) is 3.94. The Bertz CT molecular complexity index is 1300. The van der Waals surface area contributed by atoms with Crippen LogP contribution >= 0.6 is 11.8 Å². The van der Waals surface area contributed by atoms with Crippen LogP contribution in [0.4, 0.5) is 0 Å². The van der Waals surface area contributed by atoms with Gasteiger partial charge in [-0.3, -0.25) is 15.0 Å². The van der Waals surface area contributed by atoms with Crippen LogP contribution in [-0.4, -0.2) is 55.4 Å². The van der Waals surface area contributed by atoms with Gasteiger partial charge < -0.3 is 9.47 Å². The van der Waals surface area contributed by atoms with Crippen LogP contribution in [0, 0.1) is 26.2 Å². The number of carbonyl (C=O) groups is 2. The predicted octanol–water partition coefficient (Wildman–Crippen LogP) is 4.03. The first-order valence-electron chi connectivity index (χ1n) is 11.3. The SMILES string of the molecule is Cc1ccc(-n2c(C)cc(/C=C3/C(=N)N4N=C(CC(=O)N5CCCC5)SC4=NC3=O)c2C)cc1. The first-order valence-corrected chi connectivity index (χ1v) is 12.2. The Hall–Kier alpha value is -3.46. The van der Waals surface area contributed by atoms with Gasteiger partial charge in [0.15, 0.2) is 5.84 Å². The third kappa shape index (κ3) is 4.00. The molecule has 0 saturated carbocycles. The average Bonchev–Trinajstić information content (AvgIpc) is 3.52. The molecule has 5 rings (SSSR count). The molecular formula is C25H26N6O2S. The highest BCUT2D eigenvalue weighted by Gasteiger charge is 2.36. The monoisotopic (exact) mass is 474 g/mol. The summed E-state index contributed by atoms with van der Waals surface area (Å²) in [4.78, 5) is 31.3. The van der Waals surface area contributed by atoms with Gasteiger partial charge in [-0.25, -0.2) is 0 Å². The van der Waals surface area contributed by atoms with Gasteiger partial charge in [-0.05, 0) is 75.2 Å². The van der Waals surface area contributed by atoms with Gasteiger partial charge in [0.25, 0.3) is 5.91 Å². The van der Waals surface area contributed by atoms with Crippen molar-refractivity contribution in [1.29, 1.82) is 5.41 Å². The molecule has 0 bridgehead atoms. The maximum Gasteiger partial charge on any atom is 0.283 e. The summed E-state index contributed by atoms with van der Waals surface area (Å²) in [6, 6.07) is 10.3. The summed E-state index contributed by atoms with van der Waals surface area (Å²) in [7, 11) is 0. The molecule has 0 spiro atoms. The van der Waals surface area contributed by atoms with Crippen molar-refractivity contribution < 1.29 is 9.59 Å². The van der Waals surface area contributed by atoms with Crippen LogP contribution in [0.3, 0.4) is 0 Å². The fourth-order valence-electron chi connectivity index (χ4n) is 4.49. The molecule has 1 saturated heterocycles. The maximum atomic E-state index is 12.8. The second-order valence-corrected chi connectivity index (χ2v) is 9.82. The van der Waals surface area contributed by atoms with Gasteiger partial charge >= 0.3 is 0 Å². The fraction of sp³-hybridized carbons (Fsp3) is 0.320. The van der Waals surface area contributed by atoms with Gasteiger partial charge in [-0.2, -0.15) is 15.1 Å². The minimum atomic E-state index is -0.466. The van der Waals surface area contributed by atoms with E-state index in [-0.39, 0.29) is 23.7 Å². The van der Waals surface area contributed by atoms with Crippen molar-refractivity contribution >= 4 is 45.7 Å². The number of amidine groups is 2. The number of carbonyl (C=O) groups excluding carboxylic acids is 2. The van der Waals surface area contributed by atoms with Gasteiger partial charge in [0.2, 0.25) is 11.1 Å². The molecule has 2 aromatic rings. The summed E-state index contributed by atoms with van der Waals surface area (Å²) in [5.41, 5.74) is 5.27. The number of hydrazone groups is 1. The molecule has 2 amide bonds. The molecule has 1 N–H and O–H groups in total. The van der Waals surface area contributed by atoms with Crippen molar-refractivity contribution in [3.8, 4) is 5.69 Å². The van der Waals surface area contributed by atoms with E-state index in [0.29, 0.717) is 10.2 Å². The minimum absolute atomic E-state index is 0.0220. The molecule has 174 valence electrons. The number of aliphatic imine (C=N–C) groups is 1. The molecule has 3 aliphatic rings. The topological polar surface area (TPSA) is 94.1 Å². The second kappa shape index (κ2) is 8.72. The maximum absolute atomic E-state index is 12.8. The molecule has 4 heterocycles. The predicted molar refractivity (Wildman–Crippen MR) is 135 cm³/mol. The zero-order chi connectivity index (χ0) is 24.0. The molecular weight excluding hydrogens is 448 g/mol. The Labute approximate surface area is 202 Å². The van der Waals surface area contributed by atoms with Gasteiger partial charge in [0, 0.05) is 30.2 Å². The number of rotatable bonds is 4. The lowest BCUT2D eigenvalue weighted by Crippen LogP contribution is -2.35. The lowest BCUT2D eigenvalue weighted by Gasteiger charge is -2.20. The van der Waals surface area contributed by atoms with Gasteiger partial charge in [0.1, 0.15) is 5.04 Å². The number of likely N-dealkylation sites (tertiary alicyclic amines) is 1. The number of fused-ring (bicyclic) bond motifs is 1. The van der Waals surface area contributed by atoms with E-state index < -0.39 is 5.91 Å². The molecule has 1 aromatic heterocycles. The number of hydrogen-bond donors (Lipinski definition) is 1. The van der Waals surface area contributed by atoms with Crippen molar-refractivity contribution in [1.82, 2.24) is 14.5 Å². The zero-order valence-electron chi connectivity index (χ0n) is 19.5. The summed E-state index contributed by atoms with van der Waals surface area (Å²) in [5.74, 6) is -0.459. The van der Waals surface area contributed by atoms with Crippen molar-refractivity contribution in [3.05, 3.63) is 58.4 Å². The van der Waals surface area contributed by atoms with Gasteiger partial charge in [-0.1, -0.05) is 17.7 Å². The van der Waals surface area contributed by atoms with Crippen LogP contribution in [0.1, 0.15) is 41.8 Å². The number of benzene rings is 1. The highest BCUT2D eigenvalue weighted by Crippen LogP contribution is 2.31. The highest BCUT2D eigenvalue weighted by atomic mass is 32.2. The summed E-state index contributed by atoms with van der Waals surface area (Å²) in [5, 5.41) is 15.3. The minimum Gasteiger partial charge on any atom is -0.342 e. The van der Waals surface area contributed by atoms with E-state index in [2.05, 4.69) is 45.9 Å². The van der Waals surface area contributed by atoms with E-state index in [1.165, 1.54) is 22.3 Å². The number of amides is 2. The molecule has 3 aliphatic heterocycles. The van der Waals surface area contributed by atoms with Crippen LogP contribution in [0.2, 0.25) is 0 Å². The van der Waals surface area contributed by atoms with E-state index >= 15 is 0 Å². The number of nitrogens with zero attached hydrogens (tertiary/aromatic N) is 5. The second-order valence-electron chi connectivity index (χ2n) is 8.78. The van der Waals surface area contributed by atoms with Crippen LogP contribution in [-0.2, 0) is 9.59 Å². The molecule has 0 aliphatic carbocycles. The molecule has 1 fully saturated rings. The molecule has 8 nitrogen and oxygen atoms in total. The standard InChI is InChI=1S/C25H26N6O2S/c1-15-6-8-19(9-7-15)30-16(2)12-18(17(30)3)13-20-23(26)31-25(27-24(20)33)34-21(28-31)14-22(32)29-10-4-5-11-29/h6-9,12-13,26H,4-5,10-11,14H2,1-3H3/b20-13-,26-23?. The van der Waals surface area contributed by atoms with E-state index in [1.54, 1.807) is 6.08 Å². The third-order valence-corrected chi connectivity index (χ3v) is 7.23. The third-order valence-electron chi connectivity index (χ3n) is 6.32. The van der Waals surface area contributed by atoms with Crippen molar-refractivity contribution in [2.75, 3.05) is 13.1 Å². The summed E-state index contributed by atoms with van der Waals surface area (Å²) in [6.45, 7) is 7.63. The Morgan fingerprint density at radius 2 is 1.85 bits per heavy atom. The summed E-state index contributed by atoms with van der Waals surface area (Å²) >= 11 is 1.19. The Balaban J connectivity index is 1.41. The van der Waals surface area contributed by atoms with Crippen molar-refractivity contribution in [2.24, 2.45) is 10.1 Å². The van der Waals surface area contributed by atoms with Crippen LogP contribution in [0.15, 0.2) is 46.0 Å². The first kappa shape index (κ1) is 22.3. The van der Waals surface area contributed by atoms with E-state index in [4.69, 9.17) is 5.41 Å². The Morgan fingerprint density at radius 3 is 2.56 bits per heavy atom. The number of thioether (sulfide) groups is 1. The number of hydrogen-bond acceptors (Lipinski definition) is 5. The molecule has 0 unspecified atom stereocenters. The van der Waals surface area contributed by atoms with Gasteiger partial charge in [0.05, 0.1) is 12.0 Å². The molecule has 0 atom stereocenters. The molecule has 34 heavy (non-hydrogen) atoms. The quantitative estimate of drug-likeness (QED) is 0.677.